The van der Waals surface area contributed by atoms with Crippen molar-refractivity contribution in [3.05, 3.63) is 66.1 Å². The normalized spacial score (nSPS) is 14.5. The molecule has 31 heavy (non-hydrogen) atoms. The molecule has 3 aromatic rings. The number of carbonyl (C=O) groups is 2. The van der Waals surface area contributed by atoms with Crippen molar-refractivity contribution < 1.29 is 18.7 Å². The second kappa shape index (κ2) is 8.59. The number of ether oxygens (including phenoxy) is 1. The fourth-order valence-corrected chi connectivity index (χ4v) is 3.78. The van der Waals surface area contributed by atoms with Gasteiger partial charge in [0.05, 0.1) is 18.4 Å². The number of likely N-dealkylation sites (tertiary alicyclic amines) is 1. The number of hydrogen-bond acceptors (Lipinski definition) is 4. The lowest BCUT2D eigenvalue weighted by molar-refractivity contribution is -0.123. The molecule has 1 aliphatic heterocycles. The number of halogens is 1. The lowest BCUT2D eigenvalue weighted by atomic mass is 9.95. The van der Waals surface area contributed by atoms with Crippen molar-refractivity contribution >= 4 is 11.8 Å². The molecular formula is C23H23FN4O3. The van der Waals surface area contributed by atoms with Crippen LogP contribution in [0.15, 0.2) is 54.7 Å². The zero-order chi connectivity index (χ0) is 22.0. The molecule has 0 spiro atoms. The quantitative estimate of drug-likeness (QED) is 0.684. The molecule has 1 saturated heterocycles. The molecule has 2 heterocycles. The van der Waals surface area contributed by atoms with Crippen LogP contribution < -0.4 is 10.5 Å². The van der Waals surface area contributed by atoms with Gasteiger partial charge in [-0.15, -0.1) is 0 Å². The van der Waals surface area contributed by atoms with E-state index < -0.39 is 0 Å². The number of amides is 2. The van der Waals surface area contributed by atoms with Crippen LogP contribution in [0.1, 0.15) is 23.2 Å². The number of hydrogen-bond donors (Lipinski definition) is 1. The fourth-order valence-electron chi connectivity index (χ4n) is 3.78. The van der Waals surface area contributed by atoms with E-state index in [9.17, 15) is 14.0 Å². The van der Waals surface area contributed by atoms with Crippen LogP contribution in [-0.2, 0) is 4.79 Å². The van der Waals surface area contributed by atoms with Gasteiger partial charge in [-0.2, -0.15) is 5.10 Å². The van der Waals surface area contributed by atoms with Crippen molar-refractivity contribution in [2.45, 2.75) is 12.8 Å². The summed E-state index contributed by atoms with van der Waals surface area (Å²) in [6.45, 7) is 0.900. The van der Waals surface area contributed by atoms with Crippen LogP contribution in [0.25, 0.3) is 16.9 Å². The van der Waals surface area contributed by atoms with Gasteiger partial charge >= 0.3 is 0 Å². The van der Waals surface area contributed by atoms with Crippen molar-refractivity contribution in [2.24, 2.45) is 11.7 Å². The minimum absolute atomic E-state index is 0.172. The molecular weight excluding hydrogens is 399 g/mol. The Kier molecular flexibility index (Phi) is 5.70. The highest BCUT2D eigenvalue weighted by atomic mass is 19.1. The van der Waals surface area contributed by atoms with Crippen molar-refractivity contribution in [3.8, 4) is 22.7 Å². The summed E-state index contributed by atoms with van der Waals surface area (Å²) in [5.74, 6) is -0.404. The third-order valence-electron chi connectivity index (χ3n) is 5.56. The van der Waals surface area contributed by atoms with E-state index in [0.717, 1.165) is 5.56 Å². The van der Waals surface area contributed by atoms with Gasteiger partial charge in [-0.05, 0) is 49.2 Å². The van der Waals surface area contributed by atoms with Crippen LogP contribution >= 0.6 is 0 Å². The van der Waals surface area contributed by atoms with Gasteiger partial charge in [0.2, 0.25) is 5.91 Å². The Morgan fingerprint density at radius 2 is 1.84 bits per heavy atom. The fraction of sp³-hybridized carbons (Fsp3) is 0.261. The van der Waals surface area contributed by atoms with Crippen molar-refractivity contribution in [1.29, 1.82) is 0 Å². The topological polar surface area (TPSA) is 90.5 Å². The Hall–Kier alpha value is -3.68. The number of benzene rings is 2. The SMILES string of the molecule is COc1cccc(-c2nn(-c3ccc(F)cc3)cc2C(=O)N2CCC(C(N)=O)CC2)c1. The molecule has 0 bridgehead atoms. The number of rotatable bonds is 5. The summed E-state index contributed by atoms with van der Waals surface area (Å²) in [4.78, 5) is 26.6. The Labute approximate surface area is 179 Å². The molecule has 160 valence electrons. The van der Waals surface area contributed by atoms with Crippen LogP contribution in [0.2, 0.25) is 0 Å². The number of primary amides is 1. The van der Waals surface area contributed by atoms with Crippen LogP contribution in [0, 0.1) is 11.7 Å². The highest BCUT2D eigenvalue weighted by Crippen LogP contribution is 2.29. The summed E-state index contributed by atoms with van der Waals surface area (Å²) in [5.41, 5.74) is 7.71. The van der Waals surface area contributed by atoms with E-state index in [-0.39, 0.29) is 23.5 Å². The average Bonchev–Trinajstić information content (AvgIpc) is 3.24. The van der Waals surface area contributed by atoms with Crippen LogP contribution in [0.3, 0.4) is 0 Å². The van der Waals surface area contributed by atoms with Gasteiger partial charge in [0.25, 0.3) is 5.91 Å². The number of piperidine rings is 1. The molecule has 1 fully saturated rings. The molecule has 0 saturated carbocycles. The monoisotopic (exact) mass is 422 g/mol. The van der Waals surface area contributed by atoms with Gasteiger partial charge in [0.1, 0.15) is 17.3 Å². The molecule has 0 atom stereocenters. The third kappa shape index (κ3) is 4.28. The van der Waals surface area contributed by atoms with E-state index in [4.69, 9.17) is 10.5 Å². The van der Waals surface area contributed by atoms with Gasteiger partial charge in [-0.3, -0.25) is 9.59 Å². The van der Waals surface area contributed by atoms with Crippen molar-refractivity contribution in [2.75, 3.05) is 20.2 Å². The van der Waals surface area contributed by atoms with Gasteiger partial charge < -0.3 is 15.4 Å². The predicted molar refractivity (Wildman–Crippen MR) is 113 cm³/mol. The summed E-state index contributed by atoms with van der Waals surface area (Å²) >= 11 is 0. The van der Waals surface area contributed by atoms with E-state index in [1.807, 2.05) is 24.3 Å². The molecule has 0 unspecified atom stereocenters. The van der Waals surface area contributed by atoms with Gasteiger partial charge in [0.15, 0.2) is 0 Å². The Morgan fingerprint density at radius 3 is 2.48 bits per heavy atom. The van der Waals surface area contributed by atoms with Gasteiger partial charge in [-0.1, -0.05) is 12.1 Å². The number of carbonyl (C=O) groups excluding carboxylic acids is 2. The van der Waals surface area contributed by atoms with Crippen LogP contribution in [-0.4, -0.2) is 46.7 Å². The summed E-state index contributed by atoms with van der Waals surface area (Å²) in [5, 5.41) is 4.63. The first-order chi connectivity index (χ1) is 15.0. The first-order valence-electron chi connectivity index (χ1n) is 10.0. The van der Waals surface area contributed by atoms with Crippen molar-refractivity contribution in [1.82, 2.24) is 14.7 Å². The number of aromatic nitrogens is 2. The molecule has 0 aliphatic carbocycles. The molecule has 1 aliphatic rings. The third-order valence-corrected chi connectivity index (χ3v) is 5.56. The smallest absolute Gasteiger partial charge is 0.257 e. The standard InChI is InChI=1S/C23H23FN4O3/c1-31-19-4-2-3-16(13-19)21-20(14-28(26-21)18-7-5-17(24)6-8-18)23(30)27-11-9-15(10-12-27)22(25)29/h2-8,13-15H,9-12H2,1H3,(H2,25,29). The molecule has 2 amide bonds. The van der Waals surface area contributed by atoms with Gasteiger partial charge in [-0.25, -0.2) is 9.07 Å². The predicted octanol–water partition coefficient (Wildman–Crippen LogP) is 3.02. The van der Waals surface area contributed by atoms with E-state index in [1.54, 1.807) is 35.0 Å². The molecule has 8 heteroatoms. The van der Waals surface area contributed by atoms with E-state index in [1.165, 1.54) is 12.1 Å². The highest BCUT2D eigenvalue weighted by molar-refractivity contribution is 6.00. The molecule has 1 aromatic heterocycles. The molecule has 4 rings (SSSR count). The zero-order valence-electron chi connectivity index (χ0n) is 17.1. The number of methoxy groups -OCH3 is 1. The second-order valence-corrected chi connectivity index (χ2v) is 7.51. The number of nitrogens with two attached hydrogens (primary N) is 1. The largest absolute Gasteiger partial charge is 0.497 e. The molecule has 7 nitrogen and oxygen atoms in total. The summed E-state index contributed by atoms with van der Waals surface area (Å²) in [7, 11) is 1.57. The zero-order valence-corrected chi connectivity index (χ0v) is 17.1. The lowest BCUT2D eigenvalue weighted by Crippen LogP contribution is -2.41. The highest BCUT2D eigenvalue weighted by Gasteiger charge is 2.29. The van der Waals surface area contributed by atoms with Crippen LogP contribution in [0.5, 0.6) is 5.75 Å². The first-order valence-corrected chi connectivity index (χ1v) is 10.0. The van der Waals surface area contributed by atoms with Crippen molar-refractivity contribution in [3.63, 3.8) is 0 Å². The van der Waals surface area contributed by atoms with Gasteiger partial charge in [0, 0.05) is 30.8 Å². The summed E-state index contributed by atoms with van der Waals surface area (Å²) in [6, 6.07) is 13.2. The maximum absolute atomic E-state index is 13.4. The minimum atomic E-state index is -0.349. The Bertz CT molecular complexity index is 1100. The summed E-state index contributed by atoms with van der Waals surface area (Å²) in [6.07, 6.45) is 2.74. The maximum Gasteiger partial charge on any atom is 0.257 e. The second-order valence-electron chi connectivity index (χ2n) is 7.51. The maximum atomic E-state index is 13.4. The average molecular weight is 422 g/mol. The Morgan fingerprint density at radius 1 is 1.13 bits per heavy atom. The molecule has 0 radical (unpaired) electrons. The lowest BCUT2D eigenvalue weighted by Gasteiger charge is -2.30. The van der Waals surface area contributed by atoms with E-state index in [0.29, 0.717) is 48.6 Å². The number of nitrogens with zero attached hydrogens (tertiary/aromatic N) is 3. The molecule has 2 aromatic carbocycles. The summed E-state index contributed by atoms with van der Waals surface area (Å²) < 4.78 is 20.2. The minimum Gasteiger partial charge on any atom is -0.497 e. The van der Waals surface area contributed by atoms with Crippen LogP contribution in [0.4, 0.5) is 4.39 Å². The van der Waals surface area contributed by atoms with E-state index >= 15 is 0 Å². The molecule has 2 N–H and O–H groups in total. The first kappa shape index (κ1) is 20.6. The Balaban J connectivity index is 1.72. The van der Waals surface area contributed by atoms with E-state index in [2.05, 4.69) is 5.10 Å².